The van der Waals surface area contributed by atoms with E-state index in [-0.39, 0.29) is 17.1 Å². The van der Waals surface area contributed by atoms with Gasteiger partial charge in [0, 0.05) is 5.56 Å². The van der Waals surface area contributed by atoms with E-state index in [9.17, 15) is 9.59 Å². The van der Waals surface area contributed by atoms with Gasteiger partial charge in [-0.2, -0.15) is 0 Å². The van der Waals surface area contributed by atoms with E-state index < -0.39 is 11.9 Å². The first-order valence-corrected chi connectivity index (χ1v) is 4.99. The van der Waals surface area contributed by atoms with E-state index in [1.807, 2.05) is 0 Å². The molecule has 92 valence electrons. The van der Waals surface area contributed by atoms with Crippen molar-refractivity contribution in [2.24, 2.45) is 0 Å². The highest BCUT2D eigenvalue weighted by atomic mass is 16.5. The molecule has 18 heavy (non-hydrogen) atoms. The molecule has 0 fully saturated rings. The van der Waals surface area contributed by atoms with Crippen molar-refractivity contribution in [3.63, 3.8) is 0 Å². The van der Waals surface area contributed by atoms with Crippen molar-refractivity contribution in [1.29, 1.82) is 0 Å². The van der Waals surface area contributed by atoms with Crippen LogP contribution in [0.2, 0.25) is 0 Å². The molecule has 1 heterocycles. The monoisotopic (exact) mass is 247 g/mol. The molecule has 0 unspecified atom stereocenters. The number of carboxylic acid groups (broad SMARTS) is 1. The maximum Gasteiger partial charge on any atom is 0.360 e. The van der Waals surface area contributed by atoms with Crippen LogP contribution in [0.3, 0.4) is 0 Å². The van der Waals surface area contributed by atoms with Gasteiger partial charge in [-0.05, 0) is 18.2 Å². The average Bonchev–Trinajstić information content (AvgIpc) is 2.87. The largest absolute Gasteiger partial charge is 0.478 e. The first-order chi connectivity index (χ1) is 8.61. The van der Waals surface area contributed by atoms with E-state index in [0.29, 0.717) is 5.56 Å². The predicted octanol–water partition coefficient (Wildman–Crippen LogP) is 1.83. The van der Waals surface area contributed by atoms with Gasteiger partial charge in [-0.3, -0.25) is 0 Å². The SMILES string of the molecule is COC(=O)c1coc(-c2cccc(C(=O)O)c2)n1. The lowest BCUT2D eigenvalue weighted by Gasteiger charge is -1.97. The number of carbonyl (C=O) groups excluding carboxylic acids is 1. The minimum absolute atomic E-state index is 0.0354. The van der Waals surface area contributed by atoms with Crippen molar-refractivity contribution in [3.05, 3.63) is 41.8 Å². The lowest BCUT2D eigenvalue weighted by Crippen LogP contribution is -2.01. The molecule has 0 saturated heterocycles. The number of oxazole rings is 1. The maximum absolute atomic E-state index is 11.2. The third kappa shape index (κ3) is 2.22. The molecule has 1 N–H and O–H groups in total. The zero-order valence-corrected chi connectivity index (χ0v) is 9.41. The quantitative estimate of drug-likeness (QED) is 0.832. The topological polar surface area (TPSA) is 89.6 Å². The van der Waals surface area contributed by atoms with Crippen LogP contribution in [0.1, 0.15) is 20.8 Å². The number of nitrogens with zero attached hydrogens (tertiary/aromatic N) is 1. The number of aromatic carboxylic acids is 1. The number of methoxy groups -OCH3 is 1. The number of hydrogen-bond acceptors (Lipinski definition) is 5. The highest BCUT2D eigenvalue weighted by molar-refractivity contribution is 5.89. The second-order valence-corrected chi connectivity index (χ2v) is 3.42. The Morgan fingerprint density at radius 3 is 2.83 bits per heavy atom. The molecular weight excluding hydrogens is 238 g/mol. The molecule has 0 bridgehead atoms. The number of carbonyl (C=O) groups is 2. The zero-order chi connectivity index (χ0) is 13.1. The van der Waals surface area contributed by atoms with Gasteiger partial charge >= 0.3 is 11.9 Å². The molecule has 1 aromatic carbocycles. The van der Waals surface area contributed by atoms with E-state index in [0.717, 1.165) is 6.26 Å². The fourth-order valence-electron chi connectivity index (χ4n) is 1.39. The molecule has 0 spiro atoms. The Bertz CT molecular complexity index is 602. The van der Waals surface area contributed by atoms with Crippen LogP contribution in [0.25, 0.3) is 11.5 Å². The molecule has 0 amide bonds. The van der Waals surface area contributed by atoms with Crippen LogP contribution in [-0.4, -0.2) is 29.1 Å². The van der Waals surface area contributed by atoms with Gasteiger partial charge in [0.05, 0.1) is 12.7 Å². The van der Waals surface area contributed by atoms with Gasteiger partial charge in [-0.25, -0.2) is 14.6 Å². The van der Waals surface area contributed by atoms with Gasteiger partial charge in [0.2, 0.25) is 5.89 Å². The summed E-state index contributed by atoms with van der Waals surface area (Å²) in [5, 5.41) is 8.86. The number of rotatable bonds is 3. The molecule has 0 aliphatic rings. The van der Waals surface area contributed by atoms with Crippen molar-refractivity contribution in [2.75, 3.05) is 7.11 Å². The molecule has 0 radical (unpaired) electrons. The van der Waals surface area contributed by atoms with E-state index in [2.05, 4.69) is 9.72 Å². The Kier molecular flexibility index (Phi) is 3.09. The van der Waals surface area contributed by atoms with Gasteiger partial charge in [-0.15, -0.1) is 0 Å². The third-order valence-corrected chi connectivity index (χ3v) is 2.26. The Morgan fingerprint density at radius 2 is 2.17 bits per heavy atom. The summed E-state index contributed by atoms with van der Waals surface area (Å²) < 4.78 is 9.60. The van der Waals surface area contributed by atoms with Crippen molar-refractivity contribution in [1.82, 2.24) is 4.98 Å². The summed E-state index contributed by atoms with van der Waals surface area (Å²) in [6.45, 7) is 0. The number of ether oxygens (including phenoxy) is 1. The Balaban J connectivity index is 2.37. The van der Waals surface area contributed by atoms with E-state index in [4.69, 9.17) is 9.52 Å². The number of aromatic nitrogens is 1. The smallest absolute Gasteiger partial charge is 0.360 e. The fourth-order valence-corrected chi connectivity index (χ4v) is 1.39. The number of hydrogen-bond donors (Lipinski definition) is 1. The highest BCUT2D eigenvalue weighted by Gasteiger charge is 2.14. The lowest BCUT2D eigenvalue weighted by atomic mass is 10.1. The molecule has 2 rings (SSSR count). The predicted molar refractivity (Wildman–Crippen MR) is 60.2 cm³/mol. The van der Waals surface area contributed by atoms with Gasteiger partial charge in [0.15, 0.2) is 5.69 Å². The second-order valence-electron chi connectivity index (χ2n) is 3.42. The zero-order valence-electron chi connectivity index (χ0n) is 9.41. The van der Waals surface area contributed by atoms with Crippen LogP contribution < -0.4 is 0 Å². The lowest BCUT2D eigenvalue weighted by molar-refractivity contribution is 0.0593. The summed E-state index contributed by atoms with van der Waals surface area (Å²) in [7, 11) is 1.24. The van der Waals surface area contributed by atoms with Crippen LogP contribution in [0.5, 0.6) is 0 Å². The molecule has 0 aliphatic heterocycles. The van der Waals surface area contributed by atoms with Crippen molar-refractivity contribution in [3.8, 4) is 11.5 Å². The molecular formula is C12H9NO5. The minimum atomic E-state index is -1.04. The molecule has 0 aliphatic carbocycles. The molecule has 1 aromatic heterocycles. The number of esters is 1. The van der Waals surface area contributed by atoms with Gasteiger partial charge in [0.25, 0.3) is 0 Å². The first-order valence-electron chi connectivity index (χ1n) is 4.99. The maximum atomic E-state index is 11.2. The molecule has 6 heteroatoms. The summed E-state index contributed by atoms with van der Waals surface area (Å²) >= 11 is 0. The molecule has 0 atom stereocenters. The number of benzene rings is 1. The minimum Gasteiger partial charge on any atom is -0.478 e. The molecule has 0 saturated carbocycles. The van der Waals surface area contributed by atoms with E-state index >= 15 is 0 Å². The summed E-state index contributed by atoms with van der Waals surface area (Å²) in [4.78, 5) is 25.9. The Hall–Kier alpha value is -2.63. The summed E-state index contributed by atoms with van der Waals surface area (Å²) in [5.41, 5.74) is 0.628. The van der Waals surface area contributed by atoms with Crippen LogP contribution in [0.4, 0.5) is 0 Å². The van der Waals surface area contributed by atoms with Gasteiger partial charge < -0.3 is 14.3 Å². The summed E-state index contributed by atoms with van der Waals surface area (Å²) in [5.74, 6) is -1.49. The van der Waals surface area contributed by atoms with Crippen molar-refractivity contribution < 1.29 is 23.8 Å². The van der Waals surface area contributed by atoms with Crippen LogP contribution in [0.15, 0.2) is 34.9 Å². The van der Waals surface area contributed by atoms with E-state index in [1.165, 1.54) is 19.2 Å². The van der Waals surface area contributed by atoms with Gasteiger partial charge in [-0.1, -0.05) is 6.07 Å². The van der Waals surface area contributed by atoms with E-state index in [1.54, 1.807) is 12.1 Å². The normalized spacial score (nSPS) is 10.1. The Labute approximate surface area is 102 Å². The van der Waals surface area contributed by atoms with Crippen molar-refractivity contribution >= 4 is 11.9 Å². The van der Waals surface area contributed by atoms with Crippen molar-refractivity contribution in [2.45, 2.75) is 0 Å². The standard InChI is InChI=1S/C12H9NO5/c1-17-12(16)9-6-18-10(13-9)7-3-2-4-8(5-7)11(14)15/h2-6H,1H3,(H,14,15). The van der Waals surface area contributed by atoms with Crippen LogP contribution >= 0.6 is 0 Å². The second kappa shape index (κ2) is 4.70. The molecule has 2 aromatic rings. The fraction of sp³-hybridized carbons (Fsp3) is 0.0833. The first kappa shape index (κ1) is 11.8. The third-order valence-electron chi connectivity index (χ3n) is 2.26. The molecule has 6 nitrogen and oxygen atoms in total. The summed E-state index contributed by atoms with van der Waals surface area (Å²) in [6.07, 6.45) is 1.16. The summed E-state index contributed by atoms with van der Waals surface area (Å²) in [6, 6.07) is 6.07. The Morgan fingerprint density at radius 1 is 1.39 bits per heavy atom. The average molecular weight is 247 g/mol. The van der Waals surface area contributed by atoms with Crippen LogP contribution in [-0.2, 0) is 4.74 Å². The van der Waals surface area contributed by atoms with Gasteiger partial charge in [0.1, 0.15) is 6.26 Å². The highest BCUT2D eigenvalue weighted by Crippen LogP contribution is 2.20. The van der Waals surface area contributed by atoms with Crippen LogP contribution in [0, 0.1) is 0 Å². The number of carboxylic acids is 1.